The molecule has 0 aliphatic heterocycles. The number of hydrogen-bond acceptors (Lipinski definition) is 4. The quantitative estimate of drug-likeness (QED) is 0.0549. The Balaban J connectivity index is 0.000000210. The van der Waals surface area contributed by atoms with Gasteiger partial charge in [0, 0.05) is 69.5 Å². The van der Waals surface area contributed by atoms with Gasteiger partial charge in [0.2, 0.25) is 0 Å². The number of benzene rings is 9. The molecule has 88 heavy (non-hydrogen) atoms. The molecule has 0 N–H and O–H groups in total. The number of para-hydroxylation sites is 3. The third kappa shape index (κ3) is 14.6. The molecule has 6 nitrogen and oxygen atoms in total. The second kappa shape index (κ2) is 29.0. The molecular weight excluding hydrogens is 1070 g/mol. The van der Waals surface area contributed by atoms with Crippen LogP contribution in [0.1, 0.15) is 44.9 Å². The molecule has 4 heterocycles. The summed E-state index contributed by atoms with van der Waals surface area (Å²) in [5.41, 5.74) is 18.0. The summed E-state index contributed by atoms with van der Waals surface area (Å²) in [6, 6.07) is 106. The first kappa shape index (κ1) is 59.8. The number of rotatable bonds is 16. The van der Waals surface area contributed by atoms with Crippen LogP contribution < -0.4 is 18.9 Å². The molecule has 0 radical (unpaired) electrons. The van der Waals surface area contributed by atoms with E-state index in [9.17, 15) is 0 Å². The van der Waals surface area contributed by atoms with Crippen molar-refractivity contribution in [2.24, 2.45) is 14.1 Å². The molecule has 0 aliphatic rings. The Morgan fingerprint density at radius 3 is 0.841 bits per heavy atom. The Kier molecular flexibility index (Phi) is 19.7. The van der Waals surface area contributed by atoms with E-state index in [1.54, 1.807) is 0 Å². The first-order valence-corrected chi connectivity index (χ1v) is 28.9. The molecule has 0 fully saturated rings. The Morgan fingerprint density at radius 2 is 0.534 bits per heavy atom. The second-order valence-electron chi connectivity index (χ2n) is 20.8. The Morgan fingerprint density at radius 1 is 0.273 bits per heavy atom. The molecule has 13 aromatic rings. The molecule has 0 bridgehead atoms. The molecule has 0 saturated heterocycles. The summed E-state index contributed by atoms with van der Waals surface area (Å²) >= 11 is 0. The number of aryl methyl sites for hydroxylation is 2. The van der Waals surface area contributed by atoms with E-state index in [-0.39, 0.29) is 14.9 Å². The minimum atomic E-state index is 0. The van der Waals surface area contributed by atoms with E-state index in [1.165, 1.54) is 27.8 Å². The standard InChI is InChI=1S/C50H39N2O.C30H25N2O.2CH3/c1-51-36-34-38(35-37-51)22-31-47-32-33-48(53-47)39-23-27-45(28-24-39)52(44-20-12-5-13-21-44)46-29-25-43(26-30-46)50(42-18-10-4-11-19-42)49(40-14-6-2-7-15-40)41-16-8-3-9-17-41;1-31-22-20-24(21-23-31)12-17-29-18-19-30(33-29)25-13-15-28(16-14-25)32(26-8-4-2-5-9-26)27-10-6-3-7-11-27;;/h2-37H,1H3;2-23H,1H3;2*1H3/q2*+1;2*-1. The zero-order chi connectivity index (χ0) is 58.3. The molecule has 0 aliphatic carbocycles. The lowest BCUT2D eigenvalue weighted by molar-refractivity contribution is -0.671. The summed E-state index contributed by atoms with van der Waals surface area (Å²) < 4.78 is 16.3. The Labute approximate surface area is 519 Å². The van der Waals surface area contributed by atoms with E-state index in [4.69, 9.17) is 8.83 Å². The summed E-state index contributed by atoms with van der Waals surface area (Å²) in [6.45, 7) is 0. The molecule has 0 spiro atoms. The normalized spacial score (nSPS) is 10.8. The van der Waals surface area contributed by atoms with Gasteiger partial charge in [0.05, 0.1) is 0 Å². The van der Waals surface area contributed by atoms with Crippen molar-refractivity contribution in [2.75, 3.05) is 9.80 Å². The van der Waals surface area contributed by atoms with Gasteiger partial charge in [0.15, 0.2) is 24.8 Å². The maximum atomic E-state index is 6.23. The van der Waals surface area contributed by atoms with E-state index in [0.29, 0.717) is 0 Å². The van der Waals surface area contributed by atoms with Crippen LogP contribution in [-0.2, 0) is 14.1 Å². The van der Waals surface area contributed by atoms with Crippen LogP contribution in [0.25, 0.3) is 58.1 Å². The predicted octanol–water partition coefficient (Wildman–Crippen LogP) is 20.7. The Hall–Kier alpha value is -11.3. The lowest BCUT2D eigenvalue weighted by Crippen LogP contribution is -2.25. The highest BCUT2D eigenvalue weighted by molar-refractivity contribution is 6.04. The lowest BCUT2D eigenvalue weighted by atomic mass is 9.86. The zero-order valence-corrected chi connectivity index (χ0v) is 50.1. The Bertz CT molecular complexity index is 4250. The summed E-state index contributed by atoms with van der Waals surface area (Å²) in [5, 5.41) is 0. The van der Waals surface area contributed by atoms with Crippen molar-refractivity contribution in [3.63, 3.8) is 0 Å². The van der Waals surface area contributed by atoms with Crippen LogP contribution in [0.3, 0.4) is 0 Å². The van der Waals surface area contributed by atoms with E-state index in [0.717, 1.165) is 85.0 Å². The van der Waals surface area contributed by atoms with Crippen molar-refractivity contribution in [3.05, 3.63) is 388 Å². The van der Waals surface area contributed by atoms with Crippen LogP contribution in [0.4, 0.5) is 34.1 Å². The van der Waals surface area contributed by atoms with Crippen molar-refractivity contribution in [3.8, 4) is 22.6 Å². The van der Waals surface area contributed by atoms with Gasteiger partial charge in [-0.2, -0.15) is 0 Å². The molecule has 13 rings (SSSR count). The van der Waals surface area contributed by atoms with Gasteiger partial charge in [0.1, 0.15) is 37.1 Å². The predicted molar refractivity (Wildman–Crippen MR) is 368 cm³/mol. The van der Waals surface area contributed by atoms with Gasteiger partial charge in [0.25, 0.3) is 0 Å². The summed E-state index contributed by atoms with van der Waals surface area (Å²) in [5.74, 6) is 3.33. The summed E-state index contributed by atoms with van der Waals surface area (Å²) in [6.07, 6.45) is 16.3. The van der Waals surface area contributed by atoms with Crippen LogP contribution >= 0.6 is 0 Å². The van der Waals surface area contributed by atoms with Crippen molar-refractivity contribution < 1.29 is 18.0 Å². The van der Waals surface area contributed by atoms with Crippen LogP contribution in [0.5, 0.6) is 0 Å². The van der Waals surface area contributed by atoms with E-state index < -0.39 is 0 Å². The highest BCUT2D eigenvalue weighted by Gasteiger charge is 2.19. The zero-order valence-electron chi connectivity index (χ0n) is 50.1. The lowest BCUT2D eigenvalue weighted by Gasteiger charge is -2.26. The first-order chi connectivity index (χ1) is 42.5. The van der Waals surface area contributed by atoms with Crippen molar-refractivity contribution in [2.45, 2.75) is 0 Å². The molecule has 430 valence electrons. The van der Waals surface area contributed by atoms with Gasteiger partial charge in [-0.05, 0) is 178 Å². The highest BCUT2D eigenvalue weighted by Crippen LogP contribution is 2.41. The van der Waals surface area contributed by atoms with Crippen LogP contribution in [-0.4, -0.2) is 0 Å². The highest BCUT2D eigenvalue weighted by atomic mass is 16.3. The largest absolute Gasteiger partial charge is 0.457 e. The van der Waals surface area contributed by atoms with Crippen LogP contribution in [0, 0.1) is 14.9 Å². The molecule has 4 aromatic heterocycles. The number of pyridine rings is 2. The fourth-order valence-corrected chi connectivity index (χ4v) is 10.5. The van der Waals surface area contributed by atoms with Crippen molar-refractivity contribution >= 4 is 69.6 Å². The van der Waals surface area contributed by atoms with E-state index in [1.807, 2.05) is 96.6 Å². The van der Waals surface area contributed by atoms with Gasteiger partial charge < -0.3 is 33.5 Å². The number of aromatic nitrogens is 2. The van der Waals surface area contributed by atoms with Crippen LogP contribution in [0.15, 0.2) is 337 Å². The van der Waals surface area contributed by atoms with Gasteiger partial charge in [-0.15, -0.1) is 0 Å². The number of nitrogens with zero attached hydrogens (tertiary/aromatic N) is 4. The second-order valence-corrected chi connectivity index (χ2v) is 20.8. The molecule has 0 atom stereocenters. The van der Waals surface area contributed by atoms with E-state index >= 15 is 0 Å². The minimum absolute atomic E-state index is 0. The summed E-state index contributed by atoms with van der Waals surface area (Å²) in [7, 11) is 4.03. The summed E-state index contributed by atoms with van der Waals surface area (Å²) in [4.78, 5) is 4.55. The third-order valence-corrected chi connectivity index (χ3v) is 14.9. The number of anilines is 6. The monoisotopic (exact) mass is 1140 g/mol. The van der Waals surface area contributed by atoms with Gasteiger partial charge in [-0.3, -0.25) is 0 Å². The fraction of sp³-hybridized carbons (Fsp3) is 0.0244. The third-order valence-electron chi connectivity index (χ3n) is 14.9. The molecule has 9 aromatic carbocycles. The smallest absolute Gasteiger partial charge is 0.169 e. The molecule has 0 saturated carbocycles. The van der Waals surface area contributed by atoms with Gasteiger partial charge in [-0.1, -0.05) is 170 Å². The maximum absolute atomic E-state index is 6.23. The van der Waals surface area contributed by atoms with Crippen molar-refractivity contribution in [1.29, 1.82) is 0 Å². The molecular formula is C82H70N4O2. The number of hydrogen-bond donors (Lipinski definition) is 0. The molecule has 0 unspecified atom stereocenters. The van der Waals surface area contributed by atoms with Gasteiger partial charge in [-0.25, -0.2) is 9.13 Å². The van der Waals surface area contributed by atoms with E-state index in [2.05, 4.69) is 289 Å². The molecule has 6 heteroatoms. The van der Waals surface area contributed by atoms with Crippen molar-refractivity contribution in [1.82, 2.24) is 0 Å². The fourth-order valence-electron chi connectivity index (χ4n) is 10.5. The van der Waals surface area contributed by atoms with Gasteiger partial charge >= 0.3 is 0 Å². The number of furan rings is 2. The maximum Gasteiger partial charge on any atom is 0.169 e. The SMILES string of the molecule is C[n+]1ccc(/C=C/c2ccc(-c3ccc(N(c4ccccc4)c4ccc(C(=C(c5ccccc5)c5ccccc5)c5ccccc5)cc4)cc3)o2)cc1.C[n+]1ccc(/C=C/c2ccc(-c3ccc(N(c4ccccc4)c4ccccc4)cc3)o2)cc1.[CH3-].[CH3-]. The average Bonchev–Trinajstić information content (AvgIpc) is 1.89. The first-order valence-electron chi connectivity index (χ1n) is 28.9. The average molecular weight is 1140 g/mol. The topological polar surface area (TPSA) is 40.5 Å². The minimum Gasteiger partial charge on any atom is -0.457 e. The molecule has 0 amide bonds. The van der Waals surface area contributed by atoms with Crippen LogP contribution in [0.2, 0.25) is 0 Å².